The number of fused-ring (bicyclic) bond motifs is 1. The Balaban J connectivity index is 2.55. The van der Waals surface area contributed by atoms with E-state index in [1.165, 1.54) is 11.1 Å². The van der Waals surface area contributed by atoms with Gasteiger partial charge in [-0.3, -0.25) is 0 Å². The first-order valence-corrected chi connectivity index (χ1v) is 4.97. The van der Waals surface area contributed by atoms with Crippen LogP contribution in [0.25, 0.3) is 0 Å². The summed E-state index contributed by atoms with van der Waals surface area (Å²) in [6.45, 7) is 6.49. The van der Waals surface area contributed by atoms with Crippen LogP contribution in [0.15, 0.2) is 18.2 Å². The van der Waals surface area contributed by atoms with Crippen LogP contribution in [0, 0.1) is 0 Å². The highest BCUT2D eigenvalue weighted by atomic mass is 35.5. The van der Waals surface area contributed by atoms with Gasteiger partial charge in [-0.1, -0.05) is 31.5 Å². The molecule has 2 heteroatoms. The summed E-state index contributed by atoms with van der Waals surface area (Å²) in [6.07, 6.45) is 0. The molecule has 0 saturated carbocycles. The normalized spacial score (nSPS) is 19.6. The Labute approximate surface area is 84.1 Å². The minimum Gasteiger partial charge on any atom is -0.312 e. The van der Waals surface area contributed by atoms with Crippen LogP contribution in [0.1, 0.15) is 25.0 Å². The van der Waals surface area contributed by atoms with Gasteiger partial charge in [-0.15, -0.1) is 0 Å². The average Bonchev–Trinajstić information content (AvgIpc) is 2.06. The summed E-state index contributed by atoms with van der Waals surface area (Å²) in [5, 5.41) is 4.25. The zero-order chi connectivity index (χ0) is 9.47. The first kappa shape index (κ1) is 9.04. The van der Waals surface area contributed by atoms with Gasteiger partial charge in [-0.2, -0.15) is 0 Å². The highest BCUT2D eigenvalue weighted by molar-refractivity contribution is 6.30. The van der Waals surface area contributed by atoms with Crippen LogP contribution in [0.3, 0.4) is 0 Å². The Morgan fingerprint density at radius 1 is 1.38 bits per heavy atom. The minimum atomic E-state index is 0.207. The molecule has 1 aliphatic rings. The maximum absolute atomic E-state index is 5.98. The van der Waals surface area contributed by atoms with Gasteiger partial charge in [-0.25, -0.2) is 0 Å². The highest BCUT2D eigenvalue weighted by Gasteiger charge is 2.26. The van der Waals surface area contributed by atoms with Gasteiger partial charge in [0.05, 0.1) is 0 Å². The molecule has 0 aliphatic carbocycles. The van der Waals surface area contributed by atoms with Crippen molar-refractivity contribution in [1.82, 2.24) is 5.32 Å². The smallest absolute Gasteiger partial charge is 0.0409 e. The van der Waals surface area contributed by atoms with Crippen LogP contribution in [-0.2, 0) is 12.0 Å². The third kappa shape index (κ3) is 1.59. The number of halogens is 1. The summed E-state index contributed by atoms with van der Waals surface area (Å²) in [6, 6.07) is 6.17. The molecule has 0 saturated heterocycles. The Bertz CT molecular complexity index is 331. The van der Waals surface area contributed by atoms with E-state index in [0.29, 0.717) is 0 Å². The lowest BCUT2D eigenvalue weighted by atomic mass is 9.79. The first-order chi connectivity index (χ1) is 6.09. The molecule has 0 aromatic heterocycles. The van der Waals surface area contributed by atoms with Crippen molar-refractivity contribution in [2.75, 3.05) is 6.54 Å². The van der Waals surface area contributed by atoms with E-state index in [9.17, 15) is 0 Å². The van der Waals surface area contributed by atoms with Crippen LogP contribution < -0.4 is 5.32 Å². The molecule has 70 valence electrons. The molecule has 0 spiro atoms. The predicted molar refractivity (Wildman–Crippen MR) is 56.2 cm³/mol. The lowest BCUT2D eigenvalue weighted by molar-refractivity contribution is 0.435. The molecule has 1 aromatic rings. The molecule has 0 radical (unpaired) electrons. The number of rotatable bonds is 0. The zero-order valence-electron chi connectivity index (χ0n) is 8.02. The van der Waals surface area contributed by atoms with E-state index < -0.39 is 0 Å². The van der Waals surface area contributed by atoms with E-state index in [2.05, 4.69) is 31.3 Å². The van der Waals surface area contributed by atoms with Gasteiger partial charge in [0, 0.05) is 23.5 Å². The van der Waals surface area contributed by atoms with Crippen molar-refractivity contribution in [1.29, 1.82) is 0 Å². The lowest BCUT2D eigenvalue weighted by Crippen LogP contribution is -2.38. The fraction of sp³-hybridized carbons (Fsp3) is 0.455. The molecule has 2 rings (SSSR count). The Morgan fingerprint density at radius 3 is 2.92 bits per heavy atom. The predicted octanol–water partition coefficient (Wildman–Crippen LogP) is 2.72. The molecule has 0 atom stereocenters. The molecule has 0 unspecified atom stereocenters. The number of benzene rings is 1. The van der Waals surface area contributed by atoms with E-state index in [1.807, 2.05) is 6.07 Å². The fourth-order valence-electron chi connectivity index (χ4n) is 1.94. The van der Waals surface area contributed by atoms with Gasteiger partial charge in [0.15, 0.2) is 0 Å². The van der Waals surface area contributed by atoms with Crippen LogP contribution in [0.5, 0.6) is 0 Å². The maximum Gasteiger partial charge on any atom is 0.0409 e. The Hall–Kier alpha value is -0.530. The lowest BCUT2D eigenvalue weighted by Gasteiger charge is -2.33. The summed E-state index contributed by atoms with van der Waals surface area (Å²) in [7, 11) is 0. The molecule has 1 nitrogen and oxygen atoms in total. The largest absolute Gasteiger partial charge is 0.312 e. The molecule has 0 amide bonds. The van der Waals surface area contributed by atoms with Gasteiger partial charge >= 0.3 is 0 Å². The fourth-order valence-corrected chi connectivity index (χ4v) is 2.11. The average molecular weight is 196 g/mol. The topological polar surface area (TPSA) is 12.0 Å². The van der Waals surface area contributed by atoms with Crippen molar-refractivity contribution in [2.45, 2.75) is 25.8 Å². The molecule has 1 heterocycles. The molecule has 1 N–H and O–H groups in total. The summed E-state index contributed by atoms with van der Waals surface area (Å²) in [5.74, 6) is 0. The van der Waals surface area contributed by atoms with Crippen molar-refractivity contribution in [2.24, 2.45) is 0 Å². The van der Waals surface area contributed by atoms with Crippen molar-refractivity contribution < 1.29 is 0 Å². The summed E-state index contributed by atoms with van der Waals surface area (Å²) < 4.78 is 0. The number of nitrogens with one attached hydrogen (secondary N) is 1. The molecule has 13 heavy (non-hydrogen) atoms. The maximum atomic E-state index is 5.98. The van der Waals surface area contributed by atoms with Gasteiger partial charge < -0.3 is 5.32 Å². The molecular formula is C11H14ClN. The second-order valence-electron chi connectivity index (χ2n) is 4.29. The van der Waals surface area contributed by atoms with E-state index >= 15 is 0 Å². The Morgan fingerprint density at radius 2 is 2.15 bits per heavy atom. The quantitative estimate of drug-likeness (QED) is 0.672. The highest BCUT2D eigenvalue weighted by Crippen LogP contribution is 2.31. The van der Waals surface area contributed by atoms with Crippen molar-refractivity contribution >= 4 is 11.6 Å². The van der Waals surface area contributed by atoms with E-state index in [-0.39, 0.29) is 5.41 Å². The van der Waals surface area contributed by atoms with Gasteiger partial charge in [0.1, 0.15) is 0 Å². The summed E-state index contributed by atoms with van der Waals surface area (Å²) in [5.41, 5.74) is 2.97. The van der Waals surface area contributed by atoms with Crippen LogP contribution in [-0.4, -0.2) is 6.54 Å². The SMILES string of the molecule is CC1(C)CNCc2ccc(Cl)cc21. The van der Waals surface area contributed by atoms with Gasteiger partial charge in [0.25, 0.3) is 0 Å². The first-order valence-electron chi connectivity index (χ1n) is 4.59. The molecule has 0 bridgehead atoms. The Kier molecular flexibility index (Phi) is 2.09. The monoisotopic (exact) mass is 195 g/mol. The van der Waals surface area contributed by atoms with Crippen LogP contribution in [0.4, 0.5) is 0 Å². The van der Waals surface area contributed by atoms with Crippen molar-refractivity contribution in [3.63, 3.8) is 0 Å². The summed E-state index contributed by atoms with van der Waals surface area (Å²) >= 11 is 5.98. The van der Waals surface area contributed by atoms with Crippen LogP contribution >= 0.6 is 11.6 Å². The third-order valence-electron chi connectivity index (χ3n) is 2.68. The second-order valence-corrected chi connectivity index (χ2v) is 4.73. The standard InChI is InChI=1S/C11H14ClN/c1-11(2)7-13-6-8-3-4-9(12)5-10(8)11/h3-5,13H,6-7H2,1-2H3. The van der Waals surface area contributed by atoms with E-state index in [1.54, 1.807) is 0 Å². The number of hydrogen-bond acceptors (Lipinski definition) is 1. The second kappa shape index (κ2) is 3.00. The minimum absolute atomic E-state index is 0.207. The van der Waals surface area contributed by atoms with E-state index in [4.69, 9.17) is 11.6 Å². The van der Waals surface area contributed by atoms with Crippen LogP contribution in [0.2, 0.25) is 5.02 Å². The molecule has 1 aromatic carbocycles. The molecular weight excluding hydrogens is 182 g/mol. The molecule has 1 aliphatic heterocycles. The summed E-state index contributed by atoms with van der Waals surface area (Å²) in [4.78, 5) is 0. The molecule has 0 fully saturated rings. The van der Waals surface area contributed by atoms with Crippen molar-refractivity contribution in [3.8, 4) is 0 Å². The zero-order valence-corrected chi connectivity index (χ0v) is 8.78. The van der Waals surface area contributed by atoms with Gasteiger partial charge in [0.2, 0.25) is 0 Å². The number of hydrogen-bond donors (Lipinski definition) is 1. The van der Waals surface area contributed by atoms with Crippen molar-refractivity contribution in [3.05, 3.63) is 34.3 Å². The third-order valence-corrected chi connectivity index (χ3v) is 2.92. The van der Waals surface area contributed by atoms with E-state index in [0.717, 1.165) is 18.1 Å². The van der Waals surface area contributed by atoms with Gasteiger partial charge in [-0.05, 0) is 23.3 Å².